The van der Waals surface area contributed by atoms with Gasteiger partial charge in [0.2, 0.25) is 11.2 Å². The maximum absolute atomic E-state index is 5.73. The van der Waals surface area contributed by atoms with Crippen LogP contribution in [0.25, 0.3) is 0 Å². The highest BCUT2D eigenvalue weighted by molar-refractivity contribution is 7.99. The molecule has 0 aliphatic heterocycles. The van der Waals surface area contributed by atoms with E-state index in [0.717, 1.165) is 6.54 Å². The molecule has 0 spiro atoms. The molecule has 0 amide bonds. The van der Waals surface area contributed by atoms with E-state index in [-0.39, 0.29) is 16.0 Å². The summed E-state index contributed by atoms with van der Waals surface area (Å²) in [5, 5.41) is 3.23. The van der Waals surface area contributed by atoms with Gasteiger partial charge in [-0.1, -0.05) is 0 Å². The van der Waals surface area contributed by atoms with E-state index in [9.17, 15) is 0 Å². The summed E-state index contributed by atoms with van der Waals surface area (Å²) in [7, 11) is 1.49. The van der Waals surface area contributed by atoms with Crippen molar-refractivity contribution in [2.45, 2.75) is 18.6 Å². The summed E-state index contributed by atoms with van der Waals surface area (Å²) in [6.45, 7) is 4.99. The number of nitrogens with zero attached hydrogens (tertiary/aromatic N) is 3. The van der Waals surface area contributed by atoms with E-state index < -0.39 is 0 Å². The average molecular weight is 263 g/mol. The Kier molecular flexibility index (Phi) is 4.61. The molecule has 1 heterocycles. The van der Waals surface area contributed by atoms with Crippen LogP contribution in [0.15, 0.2) is 0 Å². The first-order valence-electron chi connectivity index (χ1n) is 4.71. The van der Waals surface area contributed by atoms with Crippen molar-refractivity contribution in [2.24, 2.45) is 0 Å². The van der Waals surface area contributed by atoms with Gasteiger partial charge in [-0.3, -0.25) is 0 Å². The van der Waals surface area contributed by atoms with E-state index in [1.165, 1.54) is 7.11 Å². The Morgan fingerprint density at radius 1 is 1.38 bits per heavy atom. The van der Waals surface area contributed by atoms with E-state index >= 15 is 0 Å². The van der Waals surface area contributed by atoms with Crippen LogP contribution in [-0.4, -0.2) is 39.6 Å². The van der Waals surface area contributed by atoms with Crippen LogP contribution in [0.2, 0.25) is 5.28 Å². The van der Waals surface area contributed by atoms with E-state index in [1.54, 1.807) is 11.8 Å². The van der Waals surface area contributed by atoms with Crippen LogP contribution in [0, 0.1) is 0 Å². The first kappa shape index (κ1) is 13.3. The minimum atomic E-state index is 0.104. The molecule has 1 rings (SSSR count). The summed E-state index contributed by atoms with van der Waals surface area (Å²) in [6, 6.07) is 0.212. The van der Waals surface area contributed by atoms with Gasteiger partial charge in [0.05, 0.1) is 7.11 Å². The molecule has 0 bridgehead atoms. The van der Waals surface area contributed by atoms with Crippen molar-refractivity contribution in [3.63, 3.8) is 0 Å². The molecule has 0 saturated heterocycles. The standard InChI is InChI=1S/C9H15ClN4OS/c1-9(2,16-4)5-11-7-12-6(10)13-8(14-7)15-3/h5H2,1-4H3,(H,11,12,13,14). The fourth-order valence-electron chi connectivity index (χ4n) is 0.866. The van der Waals surface area contributed by atoms with Gasteiger partial charge in [-0.2, -0.15) is 26.7 Å². The first-order chi connectivity index (χ1) is 7.46. The summed E-state index contributed by atoms with van der Waals surface area (Å²) in [5.41, 5.74) is 0. The smallest absolute Gasteiger partial charge is 0.322 e. The molecule has 1 N–H and O–H groups in total. The van der Waals surface area contributed by atoms with Crippen molar-refractivity contribution in [3.05, 3.63) is 5.28 Å². The second-order valence-electron chi connectivity index (χ2n) is 3.73. The molecular weight excluding hydrogens is 248 g/mol. The van der Waals surface area contributed by atoms with Crippen LogP contribution >= 0.6 is 23.4 Å². The molecule has 1 aromatic heterocycles. The van der Waals surface area contributed by atoms with Crippen LogP contribution in [-0.2, 0) is 0 Å². The molecule has 0 fully saturated rings. The summed E-state index contributed by atoms with van der Waals surface area (Å²) >= 11 is 7.49. The largest absolute Gasteiger partial charge is 0.467 e. The zero-order valence-corrected chi connectivity index (χ0v) is 11.3. The normalized spacial score (nSPS) is 11.3. The molecule has 16 heavy (non-hydrogen) atoms. The minimum Gasteiger partial charge on any atom is -0.467 e. The predicted octanol–water partition coefficient (Wildman–Crippen LogP) is 2.09. The maximum Gasteiger partial charge on any atom is 0.322 e. The number of ether oxygens (including phenoxy) is 1. The molecule has 0 unspecified atom stereocenters. The second kappa shape index (κ2) is 5.54. The Bertz CT molecular complexity index is 361. The molecule has 0 saturated carbocycles. The maximum atomic E-state index is 5.73. The number of halogens is 1. The Morgan fingerprint density at radius 3 is 2.62 bits per heavy atom. The number of nitrogens with one attached hydrogen (secondary N) is 1. The van der Waals surface area contributed by atoms with E-state index in [4.69, 9.17) is 16.3 Å². The van der Waals surface area contributed by atoms with Gasteiger partial charge in [0.1, 0.15) is 0 Å². The third-order valence-corrected chi connectivity index (χ3v) is 3.41. The van der Waals surface area contributed by atoms with Crippen molar-refractivity contribution in [3.8, 4) is 6.01 Å². The van der Waals surface area contributed by atoms with Gasteiger partial charge in [0, 0.05) is 11.3 Å². The monoisotopic (exact) mass is 262 g/mol. The van der Waals surface area contributed by atoms with E-state index in [2.05, 4.69) is 40.4 Å². The molecule has 0 aliphatic rings. The summed E-state index contributed by atoms with van der Waals surface area (Å²) in [6.07, 6.45) is 2.06. The van der Waals surface area contributed by atoms with Crippen molar-refractivity contribution >= 4 is 29.3 Å². The second-order valence-corrected chi connectivity index (χ2v) is 5.58. The van der Waals surface area contributed by atoms with Gasteiger partial charge in [-0.05, 0) is 31.7 Å². The molecule has 1 aromatic rings. The quantitative estimate of drug-likeness (QED) is 0.877. The van der Waals surface area contributed by atoms with E-state index in [0.29, 0.717) is 5.95 Å². The number of hydrogen-bond donors (Lipinski definition) is 1. The minimum absolute atomic E-state index is 0.104. The Labute approximate surface area is 104 Å². The Hall–Kier alpha value is -0.750. The summed E-state index contributed by atoms with van der Waals surface area (Å²) in [5.74, 6) is 0.430. The highest BCUT2D eigenvalue weighted by atomic mass is 35.5. The lowest BCUT2D eigenvalue weighted by molar-refractivity contribution is 0.378. The van der Waals surface area contributed by atoms with Crippen LogP contribution in [0.1, 0.15) is 13.8 Å². The van der Waals surface area contributed by atoms with E-state index in [1.807, 2.05) is 0 Å². The van der Waals surface area contributed by atoms with Gasteiger partial charge in [-0.15, -0.1) is 0 Å². The van der Waals surface area contributed by atoms with Gasteiger partial charge in [0.25, 0.3) is 0 Å². The topological polar surface area (TPSA) is 59.9 Å². The molecular formula is C9H15ClN4OS. The molecule has 5 nitrogen and oxygen atoms in total. The molecule has 0 radical (unpaired) electrons. The number of methoxy groups -OCH3 is 1. The van der Waals surface area contributed by atoms with Crippen molar-refractivity contribution < 1.29 is 4.74 Å². The first-order valence-corrected chi connectivity index (χ1v) is 6.32. The third kappa shape index (κ3) is 4.02. The van der Waals surface area contributed by atoms with Crippen LogP contribution < -0.4 is 10.1 Å². The highest BCUT2D eigenvalue weighted by Gasteiger charge is 2.16. The fourth-order valence-corrected chi connectivity index (χ4v) is 1.24. The zero-order valence-electron chi connectivity index (χ0n) is 9.74. The van der Waals surface area contributed by atoms with Crippen molar-refractivity contribution in [1.82, 2.24) is 15.0 Å². The number of rotatable bonds is 5. The Balaban J connectivity index is 2.70. The fraction of sp³-hybridized carbons (Fsp3) is 0.667. The lowest BCUT2D eigenvalue weighted by Crippen LogP contribution is -2.26. The van der Waals surface area contributed by atoms with Crippen molar-refractivity contribution in [2.75, 3.05) is 25.2 Å². The number of hydrogen-bond acceptors (Lipinski definition) is 6. The third-order valence-electron chi connectivity index (χ3n) is 1.99. The number of aromatic nitrogens is 3. The zero-order chi connectivity index (χ0) is 12.2. The average Bonchev–Trinajstić information content (AvgIpc) is 2.26. The van der Waals surface area contributed by atoms with Crippen LogP contribution in [0.3, 0.4) is 0 Å². The van der Waals surface area contributed by atoms with Crippen LogP contribution in [0.4, 0.5) is 5.95 Å². The molecule has 0 aliphatic carbocycles. The lowest BCUT2D eigenvalue weighted by atomic mass is 10.2. The molecule has 7 heteroatoms. The van der Waals surface area contributed by atoms with Gasteiger partial charge >= 0.3 is 6.01 Å². The Morgan fingerprint density at radius 2 is 2.06 bits per heavy atom. The van der Waals surface area contributed by atoms with Gasteiger partial charge < -0.3 is 10.1 Å². The molecule has 0 aromatic carbocycles. The van der Waals surface area contributed by atoms with Gasteiger partial charge in [-0.25, -0.2) is 0 Å². The predicted molar refractivity (Wildman–Crippen MR) is 67.5 cm³/mol. The summed E-state index contributed by atoms with van der Waals surface area (Å²) in [4.78, 5) is 11.8. The number of thioether (sulfide) groups is 1. The van der Waals surface area contributed by atoms with Gasteiger partial charge in [0.15, 0.2) is 0 Å². The van der Waals surface area contributed by atoms with Crippen LogP contribution in [0.5, 0.6) is 6.01 Å². The lowest BCUT2D eigenvalue weighted by Gasteiger charge is -2.22. The number of anilines is 1. The van der Waals surface area contributed by atoms with Crippen molar-refractivity contribution in [1.29, 1.82) is 0 Å². The molecule has 0 atom stereocenters. The highest BCUT2D eigenvalue weighted by Crippen LogP contribution is 2.21. The summed E-state index contributed by atoms with van der Waals surface area (Å²) < 4.78 is 5.01. The SMILES string of the molecule is COc1nc(Cl)nc(NCC(C)(C)SC)n1. The molecule has 90 valence electrons.